The zero-order valence-electron chi connectivity index (χ0n) is 12.4. The summed E-state index contributed by atoms with van der Waals surface area (Å²) < 4.78 is 28.4. The summed E-state index contributed by atoms with van der Waals surface area (Å²) in [6, 6.07) is 4.42. The van der Waals surface area contributed by atoms with E-state index in [2.05, 4.69) is 5.32 Å². The number of ether oxygens (including phenoxy) is 1. The number of sulfone groups is 1. The van der Waals surface area contributed by atoms with Crippen molar-refractivity contribution in [3.63, 3.8) is 0 Å². The van der Waals surface area contributed by atoms with Gasteiger partial charge in [-0.2, -0.15) is 0 Å². The summed E-state index contributed by atoms with van der Waals surface area (Å²) in [7, 11) is -2.00. The van der Waals surface area contributed by atoms with E-state index in [-0.39, 0.29) is 29.2 Å². The van der Waals surface area contributed by atoms with Crippen molar-refractivity contribution < 1.29 is 27.9 Å². The topological polar surface area (TPSA) is 110 Å². The molecule has 0 heterocycles. The molecular weight excluding hydrogens is 310 g/mol. The van der Waals surface area contributed by atoms with Crippen molar-refractivity contribution in [2.75, 3.05) is 19.5 Å². The zero-order valence-corrected chi connectivity index (χ0v) is 13.2. The van der Waals surface area contributed by atoms with E-state index in [1.54, 1.807) is 0 Å². The average molecular weight is 329 g/mol. The molecule has 2 N–H and O–H groups in total. The molecule has 0 spiro atoms. The van der Waals surface area contributed by atoms with Crippen molar-refractivity contribution in [2.45, 2.75) is 24.3 Å². The molecule has 0 bridgehead atoms. The van der Waals surface area contributed by atoms with Gasteiger partial charge < -0.3 is 15.2 Å². The number of benzene rings is 1. The average Bonchev–Trinajstić information content (AvgIpc) is 2.51. The highest BCUT2D eigenvalue weighted by Gasteiger charge is 2.21. The zero-order chi connectivity index (χ0) is 16.8. The van der Waals surface area contributed by atoms with Crippen molar-refractivity contribution in [1.82, 2.24) is 5.32 Å². The smallest absolute Gasteiger partial charge is 0.326 e. The molecule has 1 atom stereocenters. The predicted octanol–water partition coefficient (Wildman–Crippen LogP) is 0.700. The van der Waals surface area contributed by atoms with E-state index in [0.717, 1.165) is 0 Å². The maximum Gasteiger partial charge on any atom is 0.326 e. The first kappa shape index (κ1) is 18.1. The normalized spacial score (nSPS) is 12.6. The number of rotatable bonds is 8. The fraction of sp³-hybridized carbons (Fsp3) is 0.429. The predicted molar refractivity (Wildman–Crippen MR) is 79.6 cm³/mol. The Kier molecular flexibility index (Phi) is 6.51. The Balaban J connectivity index is 2.93. The summed E-state index contributed by atoms with van der Waals surface area (Å²) in [6.45, 7) is 1.69. The van der Waals surface area contributed by atoms with Gasteiger partial charge in [-0.15, -0.1) is 0 Å². The number of methoxy groups -OCH3 is 1. The van der Waals surface area contributed by atoms with Crippen LogP contribution in [-0.2, 0) is 19.4 Å². The van der Waals surface area contributed by atoms with Crippen molar-refractivity contribution in [3.05, 3.63) is 29.8 Å². The first-order chi connectivity index (χ1) is 10.3. The SMILES string of the molecule is CCS(=O)(=O)c1cccc(C(=O)NC(CCOC)C(=O)O)c1. The molecule has 7 nitrogen and oxygen atoms in total. The maximum absolute atomic E-state index is 12.1. The Morgan fingerprint density at radius 2 is 2.05 bits per heavy atom. The van der Waals surface area contributed by atoms with Crippen LogP contribution in [0.1, 0.15) is 23.7 Å². The number of carboxylic acid groups (broad SMARTS) is 1. The van der Waals surface area contributed by atoms with Crippen molar-refractivity contribution in [3.8, 4) is 0 Å². The van der Waals surface area contributed by atoms with E-state index in [1.165, 1.54) is 38.3 Å². The summed E-state index contributed by atoms with van der Waals surface area (Å²) >= 11 is 0. The molecule has 0 saturated carbocycles. The molecule has 8 heteroatoms. The highest BCUT2D eigenvalue weighted by Crippen LogP contribution is 2.13. The molecule has 122 valence electrons. The first-order valence-corrected chi connectivity index (χ1v) is 8.32. The van der Waals surface area contributed by atoms with Gasteiger partial charge in [0.05, 0.1) is 10.6 Å². The largest absolute Gasteiger partial charge is 0.480 e. The van der Waals surface area contributed by atoms with E-state index < -0.39 is 27.8 Å². The Bertz CT molecular complexity index is 640. The third kappa shape index (κ3) is 4.81. The minimum absolute atomic E-state index is 0.0337. The fourth-order valence-corrected chi connectivity index (χ4v) is 2.66. The van der Waals surface area contributed by atoms with Gasteiger partial charge in [-0.3, -0.25) is 4.79 Å². The number of hydrogen-bond acceptors (Lipinski definition) is 5. The maximum atomic E-state index is 12.1. The van der Waals surface area contributed by atoms with Gasteiger partial charge in [0.15, 0.2) is 9.84 Å². The van der Waals surface area contributed by atoms with Crippen LogP contribution in [0.25, 0.3) is 0 Å². The Morgan fingerprint density at radius 1 is 1.36 bits per heavy atom. The standard InChI is InChI=1S/C14H19NO6S/c1-3-22(19,20)11-6-4-5-10(9-11)13(16)15-12(14(17)18)7-8-21-2/h4-6,9,12H,3,7-8H2,1-2H3,(H,15,16)(H,17,18). The number of hydrogen-bond donors (Lipinski definition) is 2. The minimum atomic E-state index is -3.43. The molecule has 0 aliphatic heterocycles. The number of amides is 1. The molecule has 22 heavy (non-hydrogen) atoms. The second kappa shape index (κ2) is 7.90. The van der Waals surface area contributed by atoms with Gasteiger partial charge in [-0.1, -0.05) is 13.0 Å². The lowest BCUT2D eigenvalue weighted by atomic mass is 10.1. The Labute approximate surface area is 129 Å². The van der Waals surface area contributed by atoms with Gasteiger partial charge in [0.25, 0.3) is 5.91 Å². The molecule has 0 fully saturated rings. The van der Waals surface area contributed by atoms with Gasteiger partial charge in [-0.25, -0.2) is 13.2 Å². The summed E-state index contributed by atoms with van der Waals surface area (Å²) in [6.07, 6.45) is 0.116. The number of aliphatic carboxylic acids is 1. The molecule has 0 aliphatic rings. The molecule has 1 amide bonds. The van der Waals surface area contributed by atoms with E-state index >= 15 is 0 Å². The highest BCUT2D eigenvalue weighted by atomic mass is 32.2. The Morgan fingerprint density at radius 3 is 2.59 bits per heavy atom. The lowest BCUT2D eigenvalue weighted by molar-refractivity contribution is -0.139. The van der Waals surface area contributed by atoms with Crippen LogP contribution in [0.5, 0.6) is 0 Å². The van der Waals surface area contributed by atoms with E-state index in [4.69, 9.17) is 9.84 Å². The molecule has 0 radical (unpaired) electrons. The van der Waals surface area contributed by atoms with Gasteiger partial charge >= 0.3 is 5.97 Å². The third-order valence-corrected chi connectivity index (χ3v) is 4.78. The van der Waals surface area contributed by atoms with Crippen LogP contribution in [0.2, 0.25) is 0 Å². The number of nitrogens with one attached hydrogen (secondary N) is 1. The minimum Gasteiger partial charge on any atom is -0.480 e. The van der Waals surface area contributed by atoms with Crippen LogP contribution >= 0.6 is 0 Å². The lowest BCUT2D eigenvalue weighted by Crippen LogP contribution is -2.41. The number of carbonyl (C=O) groups excluding carboxylic acids is 1. The fourth-order valence-electron chi connectivity index (χ4n) is 1.73. The van der Waals surface area contributed by atoms with Crippen molar-refractivity contribution >= 4 is 21.7 Å². The molecule has 0 aliphatic carbocycles. The molecule has 1 aromatic carbocycles. The molecule has 0 aromatic heterocycles. The summed E-state index contributed by atoms with van der Waals surface area (Å²) in [5, 5.41) is 11.4. The van der Waals surface area contributed by atoms with Crippen molar-refractivity contribution in [1.29, 1.82) is 0 Å². The second-order valence-corrected chi connectivity index (χ2v) is 6.86. The third-order valence-electron chi connectivity index (χ3n) is 3.05. The molecule has 0 saturated heterocycles. The van der Waals surface area contributed by atoms with Crippen molar-refractivity contribution in [2.24, 2.45) is 0 Å². The van der Waals surface area contributed by atoms with Gasteiger partial charge in [0.1, 0.15) is 6.04 Å². The van der Waals surface area contributed by atoms with E-state index in [9.17, 15) is 18.0 Å². The molecule has 1 unspecified atom stereocenters. The van der Waals surface area contributed by atoms with Crippen LogP contribution in [0.15, 0.2) is 29.2 Å². The van der Waals surface area contributed by atoms with Crippen LogP contribution in [0.3, 0.4) is 0 Å². The quantitative estimate of drug-likeness (QED) is 0.726. The van der Waals surface area contributed by atoms with E-state index in [1.807, 2.05) is 0 Å². The highest BCUT2D eigenvalue weighted by molar-refractivity contribution is 7.91. The molecule has 1 rings (SSSR count). The summed E-state index contributed by atoms with van der Waals surface area (Å²) in [5.41, 5.74) is 0.0955. The van der Waals surface area contributed by atoms with Gasteiger partial charge in [-0.05, 0) is 18.2 Å². The van der Waals surface area contributed by atoms with Crippen LogP contribution in [-0.4, -0.2) is 50.9 Å². The van der Waals surface area contributed by atoms with E-state index in [0.29, 0.717) is 0 Å². The van der Waals surface area contributed by atoms with Crippen LogP contribution < -0.4 is 5.32 Å². The molecular formula is C14H19NO6S. The van der Waals surface area contributed by atoms with Crippen LogP contribution in [0.4, 0.5) is 0 Å². The number of carboxylic acids is 1. The van der Waals surface area contributed by atoms with Crippen LogP contribution in [0, 0.1) is 0 Å². The second-order valence-electron chi connectivity index (χ2n) is 4.58. The number of carbonyl (C=O) groups is 2. The first-order valence-electron chi connectivity index (χ1n) is 6.67. The Hall–Kier alpha value is -1.93. The van der Waals surface area contributed by atoms with Gasteiger partial charge in [0.2, 0.25) is 0 Å². The lowest BCUT2D eigenvalue weighted by Gasteiger charge is -2.14. The molecule has 1 aromatic rings. The summed E-state index contributed by atoms with van der Waals surface area (Å²) in [4.78, 5) is 23.2. The van der Waals surface area contributed by atoms with Gasteiger partial charge in [0, 0.05) is 25.7 Å². The monoisotopic (exact) mass is 329 g/mol. The summed E-state index contributed by atoms with van der Waals surface area (Å²) in [5.74, 6) is -1.90.